The maximum atomic E-state index is 14.7. The molecule has 1 aliphatic carbocycles. The molecule has 1 amide bonds. The van der Waals surface area contributed by atoms with Crippen LogP contribution in [0.1, 0.15) is 111 Å². The fourth-order valence-corrected chi connectivity index (χ4v) is 9.53. The lowest BCUT2D eigenvalue weighted by Gasteiger charge is -2.36. The molecule has 0 unspecified atom stereocenters. The molecule has 2 aromatic carbocycles. The molecule has 2 fully saturated rings. The average Bonchev–Trinajstić information content (AvgIpc) is 3.17. The van der Waals surface area contributed by atoms with Gasteiger partial charge in [0.2, 0.25) is 11.8 Å². The van der Waals surface area contributed by atoms with Gasteiger partial charge in [-0.05, 0) is 98.7 Å². The fraction of sp³-hybridized carbons (Fsp3) is 0.500. The summed E-state index contributed by atoms with van der Waals surface area (Å²) >= 11 is 0. The van der Waals surface area contributed by atoms with Gasteiger partial charge in [0.25, 0.3) is 15.9 Å². The first-order valence-corrected chi connectivity index (χ1v) is 21.6. The molecule has 11 heteroatoms. The SMILES string of the molecule is Cc1cccc(CC2CCCCC2)c1-c1nc2nc(c1C)OC[C@@H](CC(C)(C)C)N(Cc1ccc(N3CCCCC3)cn1)C(=O)c1cccc(c1)S(=O)(=O)N2. The maximum absolute atomic E-state index is 14.7. The fourth-order valence-electron chi connectivity index (χ4n) is 8.54. The molecule has 0 radical (unpaired) electrons. The molecule has 292 valence electrons. The number of piperidine rings is 1. The van der Waals surface area contributed by atoms with Crippen molar-refractivity contribution < 1.29 is 17.9 Å². The van der Waals surface area contributed by atoms with Gasteiger partial charge in [0.1, 0.15) is 6.61 Å². The molecule has 4 heterocycles. The number of aryl methyl sites for hydroxylation is 1. The molecule has 4 aromatic rings. The number of benzene rings is 2. The van der Waals surface area contributed by atoms with E-state index in [4.69, 9.17) is 19.7 Å². The van der Waals surface area contributed by atoms with Gasteiger partial charge in [0, 0.05) is 29.8 Å². The van der Waals surface area contributed by atoms with Crippen LogP contribution in [0.4, 0.5) is 11.6 Å². The van der Waals surface area contributed by atoms with E-state index in [9.17, 15) is 13.2 Å². The molecular weight excluding hydrogens is 709 g/mol. The molecular formula is C44H56N6O4S. The van der Waals surface area contributed by atoms with Gasteiger partial charge in [0.15, 0.2) is 0 Å². The monoisotopic (exact) mass is 764 g/mol. The van der Waals surface area contributed by atoms with Gasteiger partial charge >= 0.3 is 0 Å². The number of carbonyl (C=O) groups is 1. The third kappa shape index (κ3) is 9.14. The van der Waals surface area contributed by atoms with Gasteiger partial charge in [0.05, 0.1) is 40.8 Å². The van der Waals surface area contributed by atoms with E-state index < -0.39 is 16.1 Å². The summed E-state index contributed by atoms with van der Waals surface area (Å²) in [6.45, 7) is 12.9. The number of amides is 1. The largest absolute Gasteiger partial charge is 0.475 e. The minimum absolute atomic E-state index is 0.0454. The summed E-state index contributed by atoms with van der Waals surface area (Å²) in [6.07, 6.45) is 13.2. The van der Waals surface area contributed by atoms with Crippen molar-refractivity contribution in [3.05, 3.63) is 88.7 Å². The van der Waals surface area contributed by atoms with Crippen molar-refractivity contribution in [2.75, 3.05) is 29.3 Å². The summed E-state index contributed by atoms with van der Waals surface area (Å²) in [5, 5.41) is 0. The van der Waals surface area contributed by atoms with Crippen LogP contribution in [0.25, 0.3) is 11.3 Å². The summed E-state index contributed by atoms with van der Waals surface area (Å²) in [7, 11) is -4.19. The number of ether oxygens (including phenoxy) is 1. The van der Waals surface area contributed by atoms with E-state index in [0.29, 0.717) is 18.0 Å². The predicted molar refractivity (Wildman–Crippen MR) is 218 cm³/mol. The summed E-state index contributed by atoms with van der Waals surface area (Å²) < 4.78 is 37.4. The topological polar surface area (TPSA) is 118 Å². The number of nitrogens with one attached hydrogen (secondary N) is 1. The Morgan fingerprint density at radius 3 is 2.38 bits per heavy atom. The Balaban J connectivity index is 1.31. The number of fused-ring (bicyclic) bond motifs is 4. The Kier molecular flexibility index (Phi) is 11.5. The van der Waals surface area contributed by atoms with Crippen molar-refractivity contribution in [2.45, 2.75) is 116 Å². The molecule has 1 atom stereocenters. The van der Waals surface area contributed by atoms with Crippen LogP contribution in [0.5, 0.6) is 5.88 Å². The Morgan fingerprint density at radius 2 is 1.65 bits per heavy atom. The van der Waals surface area contributed by atoms with E-state index in [0.717, 1.165) is 47.6 Å². The van der Waals surface area contributed by atoms with Gasteiger partial charge < -0.3 is 14.5 Å². The third-order valence-electron chi connectivity index (χ3n) is 11.4. The highest BCUT2D eigenvalue weighted by Crippen LogP contribution is 2.37. The standard InChI is InChI=1S/C44H56N6O4S/c1-30-14-12-17-33(24-32-15-8-6-9-16-32)39(30)40-31(2)41-47-43(46-40)48-55(52,53)38-19-13-18-34(25-38)42(51)50(37(29-54-41)26-44(3,4)5)28-35-20-21-36(27-45-35)49-22-10-7-11-23-49/h12-14,17-21,25,27,32,37H,6-11,15-16,22-24,26,28-29H2,1-5H3,(H,46,47,48)/t37-/m1/s1. The van der Waals surface area contributed by atoms with Crippen molar-refractivity contribution in [1.29, 1.82) is 0 Å². The van der Waals surface area contributed by atoms with Crippen LogP contribution in [0.15, 0.2) is 65.7 Å². The molecule has 55 heavy (non-hydrogen) atoms. The Bertz CT molecular complexity index is 2100. The van der Waals surface area contributed by atoms with Crippen molar-refractivity contribution >= 4 is 27.6 Å². The minimum Gasteiger partial charge on any atom is -0.475 e. The van der Waals surface area contributed by atoms with Crippen LogP contribution >= 0.6 is 0 Å². The smallest absolute Gasteiger partial charge is 0.264 e. The van der Waals surface area contributed by atoms with Crippen LogP contribution in [0.3, 0.4) is 0 Å². The molecule has 1 saturated heterocycles. The maximum Gasteiger partial charge on any atom is 0.264 e. The zero-order chi connectivity index (χ0) is 38.7. The number of aromatic nitrogens is 3. The molecule has 4 bridgehead atoms. The van der Waals surface area contributed by atoms with Gasteiger partial charge in [-0.1, -0.05) is 77.1 Å². The molecule has 1 N–H and O–H groups in total. The first kappa shape index (κ1) is 38.8. The molecule has 10 nitrogen and oxygen atoms in total. The first-order valence-electron chi connectivity index (χ1n) is 20.1. The Hall–Kier alpha value is -4.51. The summed E-state index contributed by atoms with van der Waals surface area (Å²) in [5.74, 6) is 0.520. The van der Waals surface area contributed by atoms with Crippen molar-refractivity contribution in [2.24, 2.45) is 11.3 Å². The zero-order valence-electron chi connectivity index (χ0n) is 33.1. The van der Waals surface area contributed by atoms with Gasteiger partial charge in [-0.25, -0.2) is 18.1 Å². The molecule has 2 aromatic heterocycles. The number of rotatable bonds is 7. The van der Waals surface area contributed by atoms with E-state index in [-0.39, 0.29) is 46.8 Å². The lowest BCUT2D eigenvalue weighted by molar-refractivity contribution is 0.0508. The number of anilines is 2. The number of hydrogen-bond donors (Lipinski definition) is 1. The highest BCUT2D eigenvalue weighted by atomic mass is 32.2. The Morgan fingerprint density at radius 1 is 0.909 bits per heavy atom. The van der Waals surface area contributed by atoms with Crippen LogP contribution in [0.2, 0.25) is 0 Å². The molecule has 1 saturated carbocycles. The van der Waals surface area contributed by atoms with Gasteiger partial charge in [-0.2, -0.15) is 4.98 Å². The number of hydrogen-bond acceptors (Lipinski definition) is 8. The first-order chi connectivity index (χ1) is 26.3. The Labute approximate surface area is 327 Å². The second-order valence-corrected chi connectivity index (χ2v) is 18.7. The van der Waals surface area contributed by atoms with E-state index >= 15 is 0 Å². The lowest BCUT2D eigenvalue weighted by atomic mass is 9.82. The molecule has 0 spiro atoms. The summed E-state index contributed by atoms with van der Waals surface area (Å²) in [4.78, 5) is 33.2. The molecule has 2 aliphatic heterocycles. The van der Waals surface area contributed by atoms with Crippen molar-refractivity contribution in [1.82, 2.24) is 19.9 Å². The van der Waals surface area contributed by atoms with Gasteiger partial charge in [-0.3, -0.25) is 9.78 Å². The second-order valence-electron chi connectivity index (χ2n) is 17.0. The van der Waals surface area contributed by atoms with E-state index in [2.05, 4.69) is 61.6 Å². The van der Waals surface area contributed by atoms with Crippen molar-refractivity contribution in [3.8, 4) is 17.1 Å². The minimum atomic E-state index is -4.19. The number of carbonyl (C=O) groups excluding carboxylic acids is 1. The van der Waals surface area contributed by atoms with E-state index in [1.54, 1.807) is 17.0 Å². The van der Waals surface area contributed by atoms with E-state index in [1.807, 2.05) is 19.2 Å². The lowest BCUT2D eigenvalue weighted by Crippen LogP contribution is -2.45. The number of sulfonamides is 1. The van der Waals surface area contributed by atoms with Crippen LogP contribution in [0, 0.1) is 25.2 Å². The highest BCUT2D eigenvalue weighted by Gasteiger charge is 2.32. The van der Waals surface area contributed by atoms with Crippen LogP contribution < -0.4 is 14.4 Å². The average molecular weight is 765 g/mol. The number of nitrogens with zero attached hydrogens (tertiary/aromatic N) is 5. The third-order valence-corrected chi connectivity index (χ3v) is 12.7. The molecule has 3 aliphatic rings. The highest BCUT2D eigenvalue weighted by molar-refractivity contribution is 7.92. The molecule has 7 rings (SSSR count). The van der Waals surface area contributed by atoms with Crippen LogP contribution in [-0.2, 0) is 23.0 Å². The zero-order valence-corrected chi connectivity index (χ0v) is 33.9. The van der Waals surface area contributed by atoms with Crippen LogP contribution in [-0.4, -0.2) is 59.9 Å². The predicted octanol–water partition coefficient (Wildman–Crippen LogP) is 8.91. The second kappa shape index (κ2) is 16.3. The van der Waals surface area contributed by atoms with Crippen molar-refractivity contribution in [3.63, 3.8) is 0 Å². The summed E-state index contributed by atoms with van der Waals surface area (Å²) in [5.41, 5.74) is 6.53. The van der Waals surface area contributed by atoms with Gasteiger partial charge in [-0.15, -0.1) is 0 Å². The quantitative estimate of drug-likeness (QED) is 0.198. The summed E-state index contributed by atoms with van der Waals surface area (Å²) in [6, 6.07) is 16.2. The number of pyridine rings is 1. The van der Waals surface area contributed by atoms with E-state index in [1.165, 1.54) is 69.1 Å². The normalized spacial score (nSPS) is 19.4.